The van der Waals surface area contributed by atoms with Crippen molar-refractivity contribution in [2.24, 2.45) is 7.05 Å². The molecule has 0 aromatic carbocycles. The second kappa shape index (κ2) is 5.09. The minimum atomic E-state index is 0.224. The van der Waals surface area contributed by atoms with Gasteiger partial charge in [0.05, 0.1) is 17.4 Å². The van der Waals surface area contributed by atoms with Gasteiger partial charge in [0.25, 0.3) is 0 Å². The van der Waals surface area contributed by atoms with Crippen LogP contribution in [-0.2, 0) is 7.05 Å². The van der Waals surface area contributed by atoms with Crippen molar-refractivity contribution in [3.8, 4) is 0 Å². The standard InChI is InChI=1S/C10H13ClN6/c1-7(9-16-15-6-17(9)2)3-12-10-13-4-8(11)5-14-10/h4-7H,3H2,1-2H3,(H,12,13,14). The highest BCUT2D eigenvalue weighted by Gasteiger charge is 2.11. The fraction of sp³-hybridized carbons (Fsp3) is 0.400. The number of nitrogens with one attached hydrogen (secondary N) is 1. The molecule has 7 heteroatoms. The number of aromatic nitrogens is 5. The molecule has 1 unspecified atom stereocenters. The summed E-state index contributed by atoms with van der Waals surface area (Å²) in [5.74, 6) is 1.71. The van der Waals surface area contributed by atoms with Crippen LogP contribution in [-0.4, -0.2) is 31.3 Å². The molecule has 1 atom stereocenters. The lowest BCUT2D eigenvalue weighted by Gasteiger charge is -2.11. The number of hydrogen-bond acceptors (Lipinski definition) is 5. The molecular weight excluding hydrogens is 240 g/mol. The first kappa shape index (κ1) is 11.8. The van der Waals surface area contributed by atoms with Crippen LogP contribution in [0.5, 0.6) is 0 Å². The van der Waals surface area contributed by atoms with Gasteiger partial charge in [0, 0.05) is 19.5 Å². The molecule has 0 aliphatic heterocycles. The zero-order chi connectivity index (χ0) is 12.3. The maximum Gasteiger partial charge on any atom is 0.222 e. The Bertz CT molecular complexity index is 480. The summed E-state index contributed by atoms with van der Waals surface area (Å²) in [6.07, 6.45) is 4.80. The molecule has 6 nitrogen and oxygen atoms in total. The molecule has 0 aliphatic rings. The molecule has 0 saturated carbocycles. The minimum absolute atomic E-state index is 0.224. The maximum absolute atomic E-state index is 5.70. The highest BCUT2D eigenvalue weighted by Crippen LogP contribution is 2.12. The van der Waals surface area contributed by atoms with Crippen molar-refractivity contribution in [1.29, 1.82) is 0 Å². The molecule has 0 aliphatic carbocycles. The van der Waals surface area contributed by atoms with E-state index < -0.39 is 0 Å². The summed E-state index contributed by atoms with van der Waals surface area (Å²) in [7, 11) is 1.92. The van der Waals surface area contributed by atoms with Gasteiger partial charge >= 0.3 is 0 Å². The van der Waals surface area contributed by atoms with Gasteiger partial charge in [0.1, 0.15) is 12.2 Å². The molecule has 0 spiro atoms. The van der Waals surface area contributed by atoms with Crippen LogP contribution in [0.3, 0.4) is 0 Å². The lowest BCUT2D eigenvalue weighted by Crippen LogP contribution is -2.15. The largest absolute Gasteiger partial charge is 0.354 e. The van der Waals surface area contributed by atoms with Crippen molar-refractivity contribution in [1.82, 2.24) is 24.7 Å². The van der Waals surface area contributed by atoms with E-state index in [0.29, 0.717) is 17.5 Å². The molecule has 2 aromatic rings. The summed E-state index contributed by atoms with van der Waals surface area (Å²) in [6.45, 7) is 2.75. The quantitative estimate of drug-likeness (QED) is 0.893. The summed E-state index contributed by atoms with van der Waals surface area (Å²) < 4.78 is 1.90. The highest BCUT2D eigenvalue weighted by molar-refractivity contribution is 6.30. The smallest absolute Gasteiger partial charge is 0.222 e. The van der Waals surface area contributed by atoms with Gasteiger partial charge in [-0.2, -0.15) is 0 Å². The van der Waals surface area contributed by atoms with Crippen molar-refractivity contribution in [2.75, 3.05) is 11.9 Å². The summed E-state index contributed by atoms with van der Waals surface area (Å²) in [4.78, 5) is 8.11. The number of anilines is 1. The molecule has 0 radical (unpaired) electrons. The maximum atomic E-state index is 5.70. The van der Waals surface area contributed by atoms with Crippen molar-refractivity contribution in [2.45, 2.75) is 12.8 Å². The lowest BCUT2D eigenvalue weighted by atomic mass is 10.1. The van der Waals surface area contributed by atoms with Crippen molar-refractivity contribution in [3.05, 3.63) is 29.6 Å². The Morgan fingerprint density at radius 3 is 2.71 bits per heavy atom. The van der Waals surface area contributed by atoms with E-state index in [1.54, 1.807) is 18.7 Å². The summed E-state index contributed by atoms with van der Waals surface area (Å²) in [5.41, 5.74) is 0. The molecule has 17 heavy (non-hydrogen) atoms. The average Bonchev–Trinajstić information content (AvgIpc) is 2.74. The van der Waals surface area contributed by atoms with Crippen LogP contribution in [0.2, 0.25) is 5.02 Å². The molecule has 0 amide bonds. The first-order valence-corrected chi connectivity index (χ1v) is 5.60. The molecule has 2 rings (SSSR count). The minimum Gasteiger partial charge on any atom is -0.354 e. The Hall–Kier alpha value is -1.69. The van der Waals surface area contributed by atoms with Crippen molar-refractivity contribution < 1.29 is 0 Å². The molecular formula is C10H13ClN6. The third-order valence-electron chi connectivity index (χ3n) is 2.37. The Labute approximate surface area is 104 Å². The van der Waals surface area contributed by atoms with Gasteiger partial charge in [-0.15, -0.1) is 10.2 Å². The molecule has 2 heterocycles. The topological polar surface area (TPSA) is 68.5 Å². The lowest BCUT2D eigenvalue weighted by molar-refractivity contribution is 0.679. The van der Waals surface area contributed by atoms with Crippen molar-refractivity contribution >= 4 is 17.5 Å². The Morgan fingerprint density at radius 1 is 1.41 bits per heavy atom. The third-order valence-corrected chi connectivity index (χ3v) is 2.57. The Morgan fingerprint density at radius 2 is 2.12 bits per heavy atom. The summed E-state index contributed by atoms with van der Waals surface area (Å²) in [5, 5.41) is 11.5. The van der Waals surface area contributed by atoms with Crippen LogP contribution in [0.25, 0.3) is 0 Å². The van der Waals surface area contributed by atoms with E-state index in [-0.39, 0.29) is 5.92 Å². The van der Waals surface area contributed by atoms with Gasteiger partial charge in [-0.3, -0.25) is 0 Å². The van der Waals surface area contributed by atoms with Gasteiger partial charge in [-0.25, -0.2) is 9.97 Å². The zero-order valence-electron chi connectivity index (χ0n) is 9.63. The van der Waals surface area contributed by atoms with E-state index in [4.69, 9.17) is 11.6 Å². The van der Waals surface area contributed by atoms with E-state index in [2.05, 4.69) is 32.4 Å². The molecule has 2 aromatic heterocycles. The zero-order valence-corrected chi connectivity index (χ0v) is 10.4. The van der Waals surface area contributed by atoms with Crippen molar-refractivity contribution in [3.63, 3.8) is 0 Å². The molecule has 0 saturated heterocycles. The van der Waals surface area contributed by atoms with Crippen LogP contribution in [0, 0.1) is 0 Å². The fourth-order valence-corrected chi connectivity index (χ4v) is 1.58. The first-order chi connectivity index (χ1) is 8.16. The van der Waals surface area contributed by atoms with Gasteiger partial charge in [0.2, 0.25) is 5.95 Å². The highest BCUT2D eigenvalue weighted by atomic mass is 35.5. The SMILES string of the molecule is CC(CNc1ncc(Cl)cn1)c1nncn1C. The average molecular weight is 253 g/mol. The van der Waals surface area contributed by atoms with Gasteiger partial charge in [-0.1, -0.05) is 18.5 Å². The second-order valence-electron chi connectivity index (χ2n) is 3.81. The van der Waals surface area contributed by atoms with E-state index >= 15 is 0 Å². The van der Waals surface area contributed by atoms with Gasteiger partial charge < -0.3 is 9.88 Å². The monoisotopic (exact) mass is 252 g/mol. The van der Waals surface area contributed by atoms with Crippen LogP contribution in [0.1, 0.15) is 18.7 Å². The predicted molar refractivity (Wildman–Crippen MR) is 64.9 cm³/mol. The third kappa shape index (κ3) is 2.91. The Kier molecular flexibility index (Phi) is 3.53. The number of halogens is 1. The van der Waals surface area contributed by atoms with E-state index in [1.165, 1.54) is 0 Å². The first-order valence-electron chi connectivity index (χ1n) is 5.22. The molecule has 0 fully saturated rings. The Balaban J connectivity index is 1.94. The van der Waals surface area contributed by atoms with Gasteiger partial charge in [0.15, 0.2) is 0 Å². The summed E-state index contributed by atoms with van der Waals surface area (Å²) >= 11 is 5.70. The fourth-order valence-electron chi connectivity index (χ4n) is 1.48. The molecule has 1 N–H and O–H groups in total. The molecule has 90 valence electrons. The number of hydrogen-bond donors (Lipinski definition) is 1. The summed E-state index contributed by atoms with van der Waals surface area (Å²) in [6, 6.07) is 0. The van der Waals surface area contributed by atoms with E-state index in [0.717, 1.165) is 5.82 Å². The predicted octanol–water partition coefficient (Wildman–Crippen LogP) is 1.47. The molecule has 0 bridgehead atoms. The number of nitrogens with zero attached hydrogens (tertiary/aromatic N) is 5. The van der Waals surface area contributed by atoms with Crippen LogP contribution in [0.15, 0.2) is 18.7 Å². The number of aryl methyl sites for hydroxylation is 1. The second-order valence-corrected chi connectivity index (χ2v) is 4.24. The van der Waals surface area contributed by atoms with Crippen LogP contribution in [0.4, 0.5) is 5.95 Å². The van der Waals surface area contributed by atoms with Crippen LogP contribution < -0.4 is 5.32 Å². The van der Waals surface area contributed by atoms with Crippen LogP contribution >= 0.6 is 11.6 Å². The number of rotatable bonds is 4. The van der Waals surface area contributed by atoms with E-state index in [9.17, 15) is 0 Å². The van der Waals surface area contributed by atoms with Gasteiger partial charge in [-0.05, 0) is 0 Å². The normalized spacial score (nSPS) is 12.4. The van der Waals surface area contributed by atoms with E-state index in [1.807, 2.05) is 11.6 Å².